The Hall–Kier alpha value is -3.78. The second-order valence-electron chi connectivity index (χ2n) is 9.56. The number of amides is 2. The van der Waals surface area contributed by atoms with Gasteiger partial charge < -0.3 is 15.2 Å². The Bertz CT molecular complexity index is 1330. The molecule has 1 saturated heterocycles. The normalized spacial score (nSPS) is 16.8. The van der Waals surface area contributed by atoms with Gasteiger partial charge in [0, 0.05) is 57.7 Å². The van der Waals surface area contributed by atoms with E-state index in [4.69, 9.17) is 0 Å². The van der Waals surface area contributed by atoms with Crippen LogP contribution in [0, 0.1) is 5.92 Å². The number of pyridine rings is 1. The molecule has 36 heavy (non-hydrogen) atoms. The molecule has 2 aromatic carbocycles. The number of carbonyl (C=O) groups is 2. The van der Waals surface area contributed by atoms with Gasteiger partial charge in [0.15, 0.2) is 0 Å². The van der Waals surface area contributed by atoms with Crippen LogP contribution in [0.15, 0.2) is 60.8 Å². The SMILES string of the molecule is CC(=O)N1CCN(CC(=O)NCCc2nc3ccccc3[nH]2)C[C@H](Cc2cccc3cccnc23)C1. The highest BCUT2D eigenvalue weighted by atomic mass is 16.2. The second kappa shape index (κ2) is 10.9. The molecule has 0 aliphatic carbocycles. The Balaban J connectivity index is 1.20. The van der Waals surface area contributed by atoms with E-state index in [1.807, 2.05) is 41.4 Å². The molecule has 4 aromatic rings. The summed E-state index contributed by atoms with van der Waals surface area (Å²) in [5.41, 5.74) is 4.13. The number of rotatable bonds is 7. The van der Waals surface area contributed by atoms with Crippen LogP contribution in [0.2, 0.25) is 0 Å². The molecule has 0 radical (unpaired) electrons. The van der Waals surface area contributed by atoms with E-state index in [9.17, 15) is 9.59 Å². The van der Waals surface area contributed by atoms with Crippen molar-refractivity contribution in [3.63, 3.8) is 0 Å². The van der Waals surface area contributed by atoms with Crippen LogP contribution in [0.5, 0.6) is 0 Å². The summed E-state index contributed by atoms with van der Waals surface area (Å²) < 4.78 is 0. The Morgan fingerprint density at radius 3 is 2.78 bits per heavy atom. The molecule has 0 saturated carbocycles. The van der Waals surface area contributed by atoms with Gasteiger partial charge in [-0.1, -0.05) is 36.4 Å². The van der Waals surface area contributed by atoms with E-state index in [1.165, 1.54) is 5.56 Å². The first-order valence-electron chi connectivity index (χ1n) is 12.6. The smallest absolute Gasteiger partial charge is 0.234 e. The first-order chi connectivity index (χ1) is 17.5. The maximum absolute atomic E-state index is 12.8. The highest BCUT2D eigenvalue weighted by molar-refractivity contribution is 5.81. The van der Waals surface area contributed by atoms with Crippen LogP contribution >= 0.6 is 0 Å². The molecule has 2 N–H and O–H groups in total. The lowest BCUT2D eigenvalue weighted by Gasteiger charge is -2.24. The van der Waals surface area contributed by atoms with Crippen LogP contribution < -0.4 is 5.32 Å². The molecule has 1 aliphatic rings. The van der Waals surface area contributed by atoms with Crippen LogP contribution in [-0.4, -0.2) is 75.8 Å². The van der Waals surface area contributed by atoms with Crippen molar-refractivity contribution in [1.82, 2.24) is 30.1 Å². The van der Waals surface area contributed by atoms with Gasteiger partial charge in [-0.3, -0.25) is 19.5 Å². The van der Waals surface area contributed by atoms with Gasteiger partial charge in [-0.2, -0.15) is 0 Å². The van der Waals surface area contributed by atoms with Crippen molar-refractivity contribution >= 4 is 33.8 Å². The summed E-state index contributed by atoms with van der Waals surface area (Å²) >= 11 is 0. The molecule has 186 valence electrons. The molecule has 5 rings (SSSR count). The van der Waals surface area contributed by atoms with Crippen molar-refractivity contribution in [2.45, 2.75) is 19.8 Å². The number of hydrogen-bond acceptors (Lipinski definition) is 5. The molecule has 1 fully saturated rings. The van der Waals surface area contributed by atoms with Gasteiger partial charge in [-0.05, 0) is 36.1 Å². The molecule has 1 aliphatic heterocycles. The number of aromatic amines is 1. The molecule has 1 atom stereocenters. The second-order valence-corrected chi connectivity index (χ2v) is 9.56. The minimum Gasteiger partial charge on any atom is -0.355 e. The van der Waals surface area contributed by atoms with Crippen molar-refractivity contribution in [2.24, 2.45) is 5.92 Å². The van der Waals surface area contributed by atoms with Gasteiger partial charge in [0.05, 0.1) is 23.1 Å². The lowest BCUT2D eigenvalue weighted by atomic mass is 9.96. The average molecular weight is 485 g/mol. The highest BCUT2D eigenvalue weighted by Gasteiger charge is 2.26. The Morgan fingerprint density at radius 1 is 1.06 bits per heavy atom. The largest absolute Gasteiger partial charge is 0.355 e. The summed E-state index contributed by atoms with van der Waals surface area (Å²) in [5, 5.41) is 4.15. The standard InChI is InChI=1S/C28H32N6O2/c1-20(35)34-15-14-33(17-21(18-34)16-23-7-4-6-22-8-5-12-30-28(22)23)19-27(36)29-13-11-26-31-24-9-2-3-10-25(24)32-26/h2-10,12,21H,11,13-19H2,1H3,(H,29,36)(H,31,32)/t21-/m0/s1. The number of carbonyl (C=O) groups excluding carboxylic acids is 2. The van der Waals surface area contributed by atoms with E-state index in [0.29, 0.717) is 39.1 Å². The highest BCUT2D eigenvalue weighted by Crippen LogP contribution is 2.22. The number of aromatic nitrogens is 3. The molecule has 3 heterocycles. The quantitative estimate of drug-likeness (QED) is 0.421. The van der Waals surface area contributed by atoms with Crippen molar-refractivity contribution in [3.05, 3.63) is 72.2 Å². The van der Waals surface area contributed by atoms with Crippen LogP contribution in [-0.2, 0) is 22.4 Å². The van der Waals surface area contributed by atoms with Gasteiger partial charge in [-0.25, -0.2) is 4.98 Å². The first-order valence-corrected chi connectivity index (χ1v) is 12.6. The van der Waals surface area contributed by atoms with E-state index in [0.717, 1.165) is 40.7 Å². The Labute approximate surface area is 210 Å². The zero-order valence-corrected chi connectivity index (χ0v) is 20.6. The van der Waals surface area contributed by atoms with E-state index in [-0.39, 0.29) is 17.7 Å². The number of fused-ring (bicyclic) bond motifs is 2. The fraction of sp³-hybridized carbons (Fsp3) is 0.357. The van der Waals surface area contributed by atoms with Gasteiger partial charge >= 0.3 is 0 Å². The van der Waals surface area contributed by atoms with E-state index in [1.54, 1.807) is 6.92 Å². The number of para-hydroxylation sites is 3. The molecule has 0 spiro atoms. The third kappa shape index (κ3) is 5.71. The lowest BCUT2D eigenvalue weighted by Crippen LogP contribution is -2.41. The predicted octanol–water partition coefficient (Wildman–Crippen LogP) is 2.79. The topological polar surface area (TPSA) is 94.2 Å². The summed E-state index contributed by atoms with van der Waals surface area (Å²) in [6, 6.07) is 18.2. The van der Waals surface area contributed by atoms with Crippen molar-refractivity contribution < 1.29 is 9.59 Å². The zero-order chi connectivity index (χ0) is 24.9. The lowest BCUT2D eigenvalue weighted by molar-refractivity contribution is -0.129. The monoisotopic (exact) mass is 484 g/mol. The van der Waals surface area contributed by atoms with Crippen LogP contribution in [0.1, 0.15) is 18.3 Å². The minimum absolute atomic E-state index is 0.00652. The van der Waals surface area contributed by atoms with Crippen LogP contribution in [0.25, 0.3) is 21.9 Å². The van der Waals surface area contributed by atoms with Crippen LogP contribution in [0.3, 0.4) is 0 Å². The third-order valence-electron chi connectivity index (χ3n) is 6.84. The number of benzene rings is 2. The number of nitrogens with one attached hydrogen (secondary N) is 2. The van der Waals surface area contributed by atoms with E-state index in [2.05, 4.69) is 49.4 Å². The molecule has 2 aromatic heterocycles. The third-order valence-corrected chi connectivity index (χ3v) is 6.84. The van der Waals surface area contributed by atoms with Gasteiger partial charge in [-0.15, -0.1) is 0 Å². The summed E-state index contributed by atoms with van der Waals surface area (Å²) in [5.74, 6) is 1.15. The number of imidazole rings is 1. The predicted molar refractivity (Wildman–Crippen MR) is 140 cm³/mol. The van der Waals surface area contributed by atoms with Crippen LogP contribution in [0.4, 0.5) is 0 Å². The molecular formula is C28H32N6O2. The Morgan fingerprint density at radius 2 is 1.92 bits per heavy atom. The fourth-order valence-electron chi connectivity index (χ4n) is 5.08. The maximum Gasteiger partial charge on any atom is 0.234 e. The fourth-order valence-corrected chi connectivity index (χ4v) is 5.08. The molecule has 8 heteroatoms. The number of nitrogens with zero attached hydrogens (tertiary/aromatic N) is 4. The molecule has 0 bridgehead atoms. The molecule has 8 nitrogen and oxygen atoms in total. The van der Waals surface area contributed by atoms with Crippen molar-refractivity contribution in [3.8, 4) is 0 Å². The molecule has 2 amide bonds. The molecular weight excluding hydrogens is 452 g/mol. The number of hydrogen-bond donors (Lipinski definition) is 2. The van der Waals surface area contributed by atoms with Gasteiger partial charge in [0.25, 0.3) is 0 Å². The van der Waals surface area contributed by atoms with E-state index >= 15 is 0 Å². The van der Waals surface area contributed by atoms with Gasteiger partial charge in [0.1, 0.15) is 5.82 Å². The summed E-state index contributed by atoms with van der Waals surface area (Å²) in [6.07, 6.45) is 3.28. The van der Waals surface area contributed by atoms with Gasteiger partial charge in [0.2, 0.25) is 11.8 Å². The molecule has 0 unspecified atom stereocenters. The Kier molecular flexibility index (Phi) is 7.23. The average Bonchev–Trinajstić information content (AvgIpc) is 3.18. The minimum atomic E-state index is -0.00652. The van der Waals surface area contributed by atoms with Crippen molar-refractivity contribution in [2.75, 3.05) is 39.3 Å². The summed E-state index contributed by atoms with van der Waals surface area (Å²) in [7, 11) is 0. The summed E-state index contributed by atoms with van der Waals surface area (Å²) in [6.45, 7) is 5.21. The van der Waals surface area contributed by atoms with E-state index < -0.39 is 0 Å². The maximum atomic E-state index is 12.8. The number of H-pyrrole nitrogens is 1. The summed E-state index contributed by atoms with van der Waals surface area (Å²) in [4.78, 5) is 41.6. The first kappa shape index (κ1) is 23.9. The van der Waals surface area contributed by atoms with Crippen molar-refractivity contribution in [1.29, 1.82) is 0 Å². The zero-order valence-electron chi connectivity index (χ0n) is 20.6.